The van der Waals surface area contributed by atoms with Crippen molar-refractivity contribution in [3.05, 3.63) is 79.2 Å². The molecule has 0 atom stereocenters. The standard InChI is InChI=1S/C19H15ClN2O5S/c1-12-2-5-15(6-3-12)26-10-18-21-13(11-28-18)8-19(23)27-17-7-4-14(22(24)25)9-16(17)20/h2-7,9,11H,8,10H2,1H3. The molecule has 0 spiro atoms. The van der Waals surface area contributed by atoms with E-state index in [1.54, 1.807) is 5.38 Å². The van der Waals surface area contributed by atoms with Crippen molar-refractivity contribution >= 4 is 34.6 Å². The molecule has 0 saturated heterocycles. The summed E-state index contributed by atoms with van der Waals surface area (Å²) in [5.41, 5.74) is 1.52. The first kappa shape index (κ1) is 19.8. The molecule has 0 radical (unpaired) electrons. The highest BCUT2D eigenvalue weighted by Gasteiger charge is 2.15. The molecule has 0 saturated carbocycles. The molecule has 9 heteroatoms. The second kappa shape index (κ2) is 8.81. The number of halogens is 1. The Morgan fingerprint density at radius 1 is 1.25 bits per heavy atom. The van der Waals surface area contributed by atoms with Crippen LogP contribution in [-0.4, -0.2) is 15.9 Å². The highest BCUT2D eigenvalue weighted by molar-refractivity contribution is 7.09. The van der Waals surface area contributed by atoms with Gasteiger partial charge in [0, 0.05) is 17.5 Å². The van der Waals surface area contributed by atoms with Crippen LogP contribution in [0, 0.1) is 17.0 Å². The Bertz CT molecular complexity index is 1000. The Morgan fingerprint density at radius 2 is 2.00 bits per heavy atom. The van der Waals surface area contributed by atoms with E-state index in [1.165, 1.54) is 23.5 Å². The Kier molecular flexibility index (Phi) is 6.23. The van der Waals surface area contributed by atoms with Gasteiger partial charge in [-0.05, 0) is 25.1 Å². The van der Waals surface area contributed by atoms with Crippen molar-refractivity contribution in [1.29, 1.82) is 0 Å². The van der Waals surface area contributed by atoms with E-state index in [1.807, 2.05) is 31.2 Å². The summed E-state index contributed by atoms with van der Waals surface area (Å²) in [5.74, 6) is 0.247. The van der Waals surface area contributed by atoms with Crippen LogP contribution in [0.1, 0.15) is 16.3 Å². The maximum Gasteiger partial charge on any atom is 0.317 e. The Labute approximate surface area is 169 Å². The summed E-state index contributed by atoms with van der Waals surface area (Å²) in [6.07, 6.45) is -0.0473. The van der Waals surface area contributed by atoms with Crippen LogP contribution in [0.15, 0.2) is 47.8 Å². The first-order valence-electron chi connectivity index (χ1n) is 8.18. The monoisotopic (exact) mass is 418 g/mol. The molecule has 3 aromatic rings. The minimum atomic E-state index is -0.576. The number of esters is 1. The van der Waals surface area contributed by atoms with Crippen LogP contribution in [0.5, 0.6) is 11.5 Å². The molecular weight excluding hydrogens is 404 g/mol. The van der Waals surface area contributed by atoms with E-state index in [9.17, 15) is 14.9 Å². The minimum absolute atomic E-state index is 0.00647. The number of nitro groups is 1. The number of benzene rings is 2. The van der Waals surface area contributed by atoms with Crippen molar-refractivity contribution in [3.63, 3.8) is 0 Å². The van der Waals surface area contributed by atoms with Gasteiger partial charge in [-0.25, -0.2) is 4.98 Å². The zero-order chi connectivity index (χ0) is 20.1. The number of aromatic nitrogens is 1. The van der Waals surface area contributed by atoms with Gasteiger partial charge in [0.05, 0.1) is 22.1 Å². The van der Waals surface area contributed by atoms with Crippen molar-refractivity contribution in [3.8, 4) is 11.5 Å². The second-order valence-electron chi connectivity index (χ2n) is 5.86. The number of hydrogen-bond acceptors (Lipinski definition) is 7. The van der Waals surface area contributed by atoms with Crippen LogP contribution in [-0.2, 0) is 17.8 Å². The highest BCUT2D eigenvalue weighted by Crippen LogP contribution is 2.29. The molecule has 1 aromatic heterocycles. The zero-order valence-corrected chi connectivity index (χ0v) is 16.3. The molecule has 0 N–H and O–H groups in total. The van der Waals surface area contributed by atoms with E-state index in [0.29, 0.717) is 12.3 Å². The molecule has 0 fully saturated rings. The van der Waals surface area contributed by atoms with E-state index in [2.05, 4.69) is 4.98 Å². The maximum absolute atomic E-state index is 12.1. The van der Waals surface area contributed by atoms with Gasteiger partial charge in [-0.1, -0.05) is 29.3 Å². The predicted molar refractivity (Wildman–Crippen MR) is 105 cm³/mol. The van der Waals surface area contributed by atoms with Crippen LogP contribution in [0.25, 0.3) is 0 Å². The molecule has 0 aliphatic rings. The summed E-state index contributed by atoms with van der Waals surface area (Å²) in [6.45, 7) is 2.30. The fourth-order valence-electron chi connectivity index (χ4n) is 2.27. The van der Waals surface area contributed by atoms with E-state index in [0.717, 1.165) is 22.4 Å². The van der Waals surface area contributed by atoms with Crippen LogP contribution >= 0.6 is 22.9 Å². The number of hydrogen-bond donors (Lipinski definition) is 0. The molecule has 1 heterocycles. The summed E-state index contributed by atoms with van der Waals surface area (Å²) in [5, 5.41) is 13.2. The molecule has 0 bridgehead atoms. The Morgan fingerprint density at radius 3 is 2.68 bits per heavy atom. The van der Waals surface area contributed by atoms with Gasteiger partial charge in [-0.2, -0.15) is 0 Å². The summed E-state index contributed by atoms with van der Waals surface area (Å²) in [6, 6.07) is 11.3. The minimum Gasteiger partial charge on any atom is -0.486 e. The van der Waals surface area contributed by atoms with E-state index >= 15 is 0 Å². The number of non-ortho nitro benzene ring substituents is 1. The van der Waals surface area contributed by atoms with Crippen molar-refractivity contribution in [2.75, 3.05) is 0 Å². The third kappa shape index (κ3) is 5.28. The van der Waals surface area contributed by atoms with Crippen LogP contribution in [0.4, 0.5) is 5.69 Å². The van der Waals surface area contributed by atoms with E-state index in [-0.39, 0.29) is 22.9 Å². The number of rotatable bonds is 7. The van der Waals surface area contributed by atoms with Gasteiger partial charge in [0.1, 0.15) is 23.1 Å². The third-order valence-corrected chi connectivity index (χ3v) is 4.82. The molecular formula is C19H15ClN2O5S. The topological polar surface area (TPSA) is 91.6 Å². The van der Waals surface area contributed by atoms with Crippen molar-refractivity contribution in [1.82, 2.24) is 4.98 Å². The molecule has 144 valence electrons. The quantitative estimate of drug-likeness (QED) is 0.238. The van der Waals surface area contributed by atoms with Crippen LogP contribution in [0.2, 0.25) is 5.02 Å². The Hall–Kier alpha value is -2.97. The highest BCUT2D eigenvalue weighted by atomic mass is 35.5. The molecule has 7 nitrogen and oxygen atoms in total. The summed E-state index contributed by atoms with van der Waals surface area (Å²) < 4.78 is 10.8. The number of nitrogens with zero attached hydrogens (tertiary/aromatic N) is 2. The maximum atomic E-state index is 12.1. The normalized spacial score (nSPS) is 10.5. The van der Waals surface area contributed by atoms with Gasteiger partial charge in [0.25, 0.3) is 5.69 Å². The lowest BCUT2D eigenvalue weighted by atomic mass is 10.2. The molecule has 0 unspecified atom stereocenters. The Balaban J connectivity index is 1.55. The second-order valence-corrected chi connectivity index (χ2v) is 7.21. The van der Waals surface area contributed by atoms with E-state index < -0.39 is 10.9 Å². The largest absolute Gasteiger partial charge is 0.486 e. The first-order chi connectivity index (χ1) is 13.4. The van der Waals surface area contributed by atoms with Gasteiger partial charge >= 0.3 is 5.97 Å². The molecule has 28 heavy (non-hydrogen) atoms. The number of carbonyl (C=O) groups is 1. The van der Waals surface area contributed by atoms with Gasteiger partial charge in [0.2, 0.25) is 0 Å². The summed E-state index contributed by atoms with van der Waals surface area (Å²) >= 11 is 7.31. The lowest BCUT2D eigenvalue weighted by Gasteiger charge is -2.05. The van der Waals surface area contributed by atoms with Crippen molar-refractivity contribution in [2.24, 2.45) is 0 Å². The number of carbonyl (C=O) groups excluding carboxylic acids is 1. The fourth-order valence-corrected chi connectivity index (χ4v) is 3.19. The number of nitro benzene ring substituents is 1. The van der Waals surface area contributed by atoms with Gasteiger partial charge < -0.3 is 9.47 Å². The summed E-state index contributed by atoms with van der Waals surface area (Å²) in [4.78, 5) is 26.6. The molecule has 0 aliphatic carbocycles. The van der Waals surface area contributed by atoms with Crippen LogP contribution < -0.4 is 9.47 Å². The van der Waals surface area contributed by atoms with Crippen LogP contribution in [0.3, 0.4) is 0 Å². The van der Waals surface area contributed by atoms with E-state index in [4.69, 9.17) is 21.1 Å². The van der Waals surface area contributed by atoms with Gasteiger partial charge in [-0.3, -0.25) is 14.9 Å². The van der Waals surface area contributed by atoms with Crippen molar-refractivity contribution in [2.45, 2.75) is 20.0 Å². The van der Waals surface area contributed by atoms with Gasteiger partial charge in [0.15, 0.2) is 0 Å². The molecule has 3 rings (SSSR count). The third-order valence-electron chi connectivity index (χ3n) is 3.66. The zero-order valence-electron chi connectivity index (χ0n) is 14.8. The molecule has 0 amide bonds. The molecule has 0 aliphatic heterocycles. The predicted octanol–water partition coefficient (Wildman–Crippen LogP) is 4.74. The summed E-state index contributed by atoms with van der Waals surface area (Å²) in [7, 11) is 0. The average Bonchev–Trinajstić information content (AvgIpc) is 3.10. The smallest absolute Gasteiger partial charge is 0.317 e. The lowest BCUT2D eigenvalue weighted by Crippen LogP contribution is -2.12. The number of aryl methyl sites for hydroxylation is 1. The van der Waals surface area contributed by atoms with Gasteiger partial charge in [-0.15, -0.1) is 11.3 Å². The fraction of sp³-hybridized carbons (Fsp3) is 0.158. The first-order valence-corrected chi connectivity index (χ1v) is 9.44. The molecule has 2 aromatic carbocycles. The average molecular weight is 419 g/mol. The van der Waals surface area contributed by atoms with Crippen molar-refractivity contribution < 1.29 is 19.2 Å². The number of ether oxygens (including phenoxy) is 2. The SMILES string of the molecule is Cc1ccc(OCc2nc(CC(=O)Oc3ccc([N+](=O)[O-])cc3Cl)cs2)cc1. The lowest BCUT2D eigenvalue weighted by molar-refractivity contribution is -0.384. The number of thiazole rings is 1.